The summed E-state index contributed by atoms with van der Waals surface area (Å²) in [4.78, 5) is 27.6. The van der Waals surface area contributed by atoms with Gasteiger partial charge in [0.15, 0.2) is 0 Å². The fourth-order valence-electron chi connectivity index (χ4n) is 2.24. The number of methoxy groups -OCH3 is 1. The van der Waals surface area contributed by atoms with Gasteiger partial charge in [0.25, 0.3) is 5.91 Å². The number of ether oxygens (including phenoxy) is 1. The maximum Gasteiger partial charge on any atom is 0.326 e. The molecule has 1 amide bonds. The molecule has 0 aliphatic carbocycles. The average Bonchev–Trinajstić information content (AvgIpc) is 2.59. The van der Waals surface area contributed by atoms with Crippen molar-refractivity contribution in [2.75, 3.05) is 7.11 Å². The molecule has 0 saturated heterocycles. The third-order valence-corrected chi connectivity index (χ3v) is 3.64. The summed E-state index contributed by atoms with van der Waals surface area (Å²) < 4.78 is 5.12. The van der Waals surface area contributed by atoms with E-state index < -0.39 is 17.9 Å². The van der Waals surface area contributed by atoms with Crippen molar-refractivity contribution in [2.45, 2.75) is 19.9 Å². The van der Waals surface area contributed by atoms with Crippen LogP contribution in [0.3, 0.4) is 0 Å². The highest BCUT2D eigenvalue weighted by Crippen LogP contribution is 2.22. The maximum absolute atomic E-state index is 12.3. The lowest BCUT2D eigenvalue weighted by atomic mass is 10.0. The second-order valence-electron chi connectivity index (χ2n) is 5.72. The van der Waals surface area contributed by atoms with E-state index >= 15 is 0 Å². The molecule has 0 aliphatic heterocycles. The average molecular weight is 328 g/mol. The number of carboxylic acid groups (broad SMARTS) is 1. The van der Waals surface area contributed by atoms with E-state index in [1.807, 2.05) is 24.3 Å². The number of rotatable bonds is 6. The zero-order valence-corrected chi connectivity index (χ0v) is 13.8. The summed E-state index contributed by atoms with van der Waals surface area (Å²) in [6.45, 7) is 3.48. The molecule has 0 radical (unpaired) electrons. The number of carbonyl (C=O) groups excluding carboxylic acids is 1. The Morgan fingerprint density at radius 2 is 1.79 bits per heavy atom. The molecule has 24 heavy (non-hydrogen) atoms. The second-order valence-corrected chi connectivity index (χ2v) is 5.72. The number of pyridine rings is 1. The number of carbonyl (C=O) groups is 2. The molecule has 1 aromatic heterocycles. The number of hydrogen-bond acceptors (Lipinski definition) is 4. The van der Waals surface area contributed by atoms with Gasteiger partial charge in [0.05, 0.1) is 12.7 Å². The van der Waals surface area contributed by atoms with Crippen molar-refractivity contribution in [3.8, 4) is 16.9 Å². The number of nitrogens with one attached hydrogen (secondary N) is 1. The molecule has 1 atom stereocenters. The van der Waals surface area contributed by atoms with Crippen LogP contribution >= 0.6 is 0 Å². The van der Waals surface area contributed by atoms with Gasteiger partial charge in [-0.15, -0.1) is 0 Å². The molecule has 1 aromatic carbocycles. The van der Waals surface area contributed by atoms with Gasteiger partial charge in [-0.05, 0) is 29.7 Å². The highest BCUT2D eigenvalue weighted by Gasteiger charge is 2.24. The van der Waals surface area contributed by atoms with Crippen LogP contribution in [-0.2, 0) is 4.79 Å². The summed E-state index contributed by atoms with van der Waals surface area (Å²) in [7, 11) is 1.59. The van der Waals surface area contributed by atoms with E-state index in [4.69, 9.17) is 4.74 Å². The van der Waals surface area contributed by atoms with Crippen LogP contribution in [0.15, 0.2) is 42.7 Å². The van der Waals surface area contributed by atoms with Crippen LogP contribution in [0.4, 0.5) is 0 Å². The fraction of sp³-hybridized carbons (Fsp3) is 0.278. The highest BCUT2D eigenvalue weighted by molar-refractivity contribution is 5.97. The molecular formula is C18H20N2O4. The van der Waals surface area contributed by atoms with Crippen LogP contribution in [0.1, 0.15) is 24.2 Å². The topological polar surface area (TPSA) is 88.5 Å². The van der Waals surface area contributed by atoms with Crippen LogP contribution in [0.2, 0.25) is 0 Å². The van der Waals surface area contributed by atoms with Crippen LogP contribution in [0, 0.1) is 5.92 Å². The number of aromatic nitrogens is 1. The zero-order valence-electron chi connectivity index (χ0n) is 13.8. The molecule has 0 aliphatic rings. The first-order valence-electron chi connectivity index (χ1n) is 7.55. The minimum atomic E-state index is -1.06. The van der Waals surface area contributed by atoms with Crippen molar-refractivity contribution in [2.24, 2.45) is 5.92 Å². The van der Waals surface area contributed by atoms with Crippen molar-refractivity contribution >= 4 is 11.9 Å². The predicted octanol–water partition coefficient (Wildman–Crippen LogP) is 2.60. The smallest absolute Gasteiger partial charge is 0.326 e. The van der Waals surface area contributed by atoms with Gasteiger partial charge in [-0.2, -0.15) is 0 Å². The number of benzene rings is 1. The monoisotopic (exact) mass is 328 g/mol. The minimum Gasteiger partial charge on any atom is -0.497 e. The number of carboxylic acids is 1. The molecule has 0 spiro atoms. The van der Waals surface area contributed by atoms with Crippen molar-refractivity contribution in [3.05, 3.63) is 48.3 Å². The number of aliphatic carboxylic acids is 1. The molecule has 1 heterocycles. The summed E-state index contributed by atoms with van der Waals surface area (Å²) in [5.41, 5.74) is 1.97. The lowest BCUT2D eigenvalue weighted by Crippen LogP contribution is -2.44. The molecule has 0 fully saturated rings. The van der Waals surface area contributed by atoms with Crippen LogP contribution < -0.4 is 10.1 Å². The van der Waals surface area contributed by atoms with Crippen molar-refractivity contribution < 1.29 is 19.4 Å². The summed E-state index contributed by atoms with van der Waals surface area (Å²) in [5.74, 6) is -0.998. The largest absolute Gasteiger partial charge is 0.497 e. The Morgan fingerprint density at radius 3 is 2.33 bits per heavy atom. The summed E-state index contributed by atoms with van der Waals surface area (Å²) in [5, 5.41) is 11.7. The van der Waals surface area contributed by atoms with E-state index in [1.165, 1.54) is 6.20 Å². The first-order valence-corrected chi connectivity index (χ1v) is 7.55. The third kappa shape index (κ3) is 4.10. The van der Waals surface area contributed by atoms with Crippen molar-refractivity contribution in [1.29, 1.82) is 0 Å². The molecule has 126 valence electrons. The first-order chi connectivity index (χ1) is 11.4. The normalized spacial score (nSPS) is 11.8. The van der Waals surface area contributed by atoms with Gasteiger partial charge in [0, 0.05) is 18.0 Å². The quantitative estimate of drug-likeness (QED) is 0.851. The molecule has 6 nitrogen and oxygen atoms in total. The summed E-state index contributed by atoms with van der Waals surface area (Å²) >= 11 is 0. The second kappa shape index (κ2) is 7.59. The fourth-order valence-corrected chi connectivity index (χ4v) is 2.24. The molecule has 6 heteroatoms. The minimum absolute atomic E-state index is 0.218. The predicted molar refractivity (Wildman–Crippen MR) is 90.0 cm³/mol. The standard InChI is InChI=1S/C18H20N2O4/c1-11(2)16(18(22)23)20-17(21)14-8-13(9-19-10-14)12-4-6-15(24-3)7-5-12/h4-11,16H,1-3H3,(H,20,21)(H,22,23)/t16-/m0/s1. The molecular weight excluding hydrogens is 308 g/mol. The third-order valence-electron chi connectivity index (χ3n) is 3.64. The van der Waals surface area contributed by atoms with Gasteiger partial charge in [-0.1, -0.05) is 26.0 Å². The number of hydrogen-bond donors (Lipinski definition) is 2. The van der Waals surface area contributed by atoms with Crippen molar-refractivity contribution in [1.82, 2.24) is 10.3 Å². The van der Waals surface area contributed by atoms with Gasteiger partial charge in [-0.3, -0.25) is 9.78 Å². The molecule has 0 saturated carbocycles. The van der Waals surface area contributed by atoms with Gasteiger partial charge < -0.3 is 15.2 Å². The molecule has 2 rings (SSSR count). The lowest BCUT2D eigenvalue weighted by molar-refractivity contribution is -0.140. The van der Waals surface area contributed by atoms with Gasteiger partial charge in [0.2, 0.25) is 0 Å². The Kier molecular flexibility index (Phi) is 5.52. The molecule has 2 N–H and O–H groups in total. The molecule has 0 unspecified atom stereocenters. The number of amides is 1. The Labute approximate surface area is 140 Å². The van der Waals surface area contributed by atoms with E-state index in [0.29, 0.717) is 5.56 Å². The Hall–Kier alpha value is -2.89. The van der Waals surface area contributed by atoms with E-state index in [0.717, 1.165) is 16.9 Å². The lowest BCUT2D eigenvalue weighted by Gasteiger charge is -2.18. The molecule has 2 aromatic rings. The van der Waals surface area contributed by atoms with E-state index in [2.05, 4.69) is 10.3 Å². The summed E-state index contributed by atoms with van der Waals surface area (Å²) in [6, 6.07) is 8.12. The zero-order chi connectivity index (χ0) is 17.7. The maximum atomic E-state index is 12.3. The highest BCUT2D eigenvalue weighted by atomic mass is 16.5. The Morgan fingerprint density at radius 1 is 1.12 bits per heavy atom. The molecule has 0 bridgehead atoms. The Bertz CT molecular complexity index is 726. The van der Waals surface area contributed by atoms with E-state index in [-0.39, 0.29) is 5.92 Å². The SMILES string of the molecule is COc1ccc(-c2cncc(C(=O)N[C@H](C(=O)O)C(C)C)c2)cc1. The van der Waals surface area contributed by atoms with Crippen LogP contribution in [0.25, 0.3) is 11.1 Å². The Balaban J connectivity index is 2.22. The summed E-state index contributed by atoms with van der Waals surface area (Å²) in [6.07, 6.45) is 3.07. The van der Waals surface area contributed by atoms with E-state index in [1.54, 1.807) is 33.2 Å². The van der Waals surface area contributed by atoms with Gasteiger partial charge in [-0.25, -0.2) is 4.79 Å². The van der Waals surface area contributed by atoms with Gasteiger partial charge in [0.1, 0.15) is 11.8 Å². The van der Waals surface area contributed by atoms with Gasteiger partial charge >= 0.3 is 5.97 Å². The number of nitrogens with zero attached hydrogens (tertiary/aromatic N) is 1. The van der Waals surface area contributed by atoms with Crippen LogP contribution in [0.5, 0.6) is 5.75 Å². The van der Waals surface area contributed by atoms with Crippen LogP contribution in [-0.4, -0.2) is 35.1 Å². The van der Waals surface area contributed by atoms with Crippen molar-refractivity contribution in [3.63, 3.8) is 0 Å². The van der Waals surface area contributed by atoms with E-state index in [9.17, 15) is 14.7 Å². The first kappa shape index (κ1) is 17.5.